The van der Waals surface area contributed by atoms with Crippen molar-refractivity contribution in [3.05, 3.63) is 72.1 Å². The van der Waals surface area contributed by atoms with Gasteiger partial charge in [-0.2, -0.15) is 0 Å². The van der Waals surface area contributed by atoms with E-state index in [0.717, 1.165) is 22.3 Å². The van der Waals surface area contributed by atoms with E-state index in [1.807, 2.05) is 54.6 Å². The van der Waals surface area contributed by atoms with Crippen molar-refractivity contribution in [2.45, 2.75) is 12.6 Å². The molecule has 0 aliphatic heterocycles. The predicted octanol–water partition coefficient (Wildman–Crippen LogP) is 2.45. The Labute approximate surface area is 123 Å². The van der Waals surface area contributed by atoms with Crippen LogP contribution in [0.4, 0.5) is 0 Å². The molecule has 1 aromatic heterocycles. The van der Waals surface area contributed by atoms with E-state index in [-0.39, 0.29) is 12.6 Å². The normalized spacial score (nSPS) is 12.4. The molecule has 1 heterocycles. The summed E-state index contributed by atoms with van der Waals surface area (Å²) >= 11 is 0. The Balaban J connectivity index is 1.73. The van der Waals surface area contributed by atoms with Crippen molar-refractivity contribution in [3.63, 3.8) is 0 Å². The fourth-order valence-corrected chi connectivity index (χ4v) is 2.28. The number of nitrogens with one attached hydrogen (secondary N) is 1. The van der Waals surface area contributed by atoms with Gasteiger partial charge in [0.25, 0.3) is 0 Å². The van der Waals surface area contributed by atoms with Gasteiger partial charge in [0.15, 0.2) is 0 Å². The Morgan fingerprint density at radius 3 is 2.43 bits per heavy atom. The van der Waals surface area contributed by atoms with Crippen LogP contribution in [-0.4, -0.2) is 21.7 Å². The SMILES string of the molecule is OC[C@@H](NCc1cnc2ccccc2n1)c1ccccc1. The molecular weight excluding hydrogens is 262 g/mol. The fourth-order valence-electron chi connectivity index (χ4n) is 2.28. The lowest BCUT2D eigenvalue weighted by Crippen LogP contribution is -2.24. The van der Waals surface area contributed by atoms with Gasteiger partial charge >= 0.3 is 0 Å². The Bertz CT molecular complexity index is 715. The second-order valence-corrected chi connectivity index (χ2v) is 4.88. The summed E-state index contributed by atoms with van der Waals surface area (Å²) in [6.45, 7) is 0.614. The molecule has 0 aliphatic carbocycles. The van der Waals surface area contributed by atoms with Gasteiger partial charge in [-0.05, 0) is 17.7 Å². The molecule has 2 N–H and O–H groups in total. The topological polar surface area (TPSA) is 58.0 Å². The highest BCUT2D eigenvalue weighted by Crippen LogP contribution is 2.13. The van der Waals surface area contributed by atoms with E-state index >= 15 is 0 Å². The number of hydrogen-bond donors (Lipinski definition) is 2. The number of hydrogen-bond acceptors (Lipinski definition) is 4. The lowest BCUT2D eigenvalue weighted by molar-refractivity contribution is 0.243. The first-order valence-electron chi connectivity index (χ1n) is 6.96. The van der Waals surface area contributed by atoms with Crippen molar-refractivity contribution in [1.82, 2.24) is 15.3 Å². The number of rotatable bonds is 5. The summed E-state index contributed by atoms with van der Waals surface area (Å²) in [4.78, 5) is 8.96. The highest BCUT2D eigenvalue weighted by molar-refractivity contribution is 5.73. The number of benzene rings is 2. The third-order valence-electron chi connectivity index (χ3n) is 3.41. The van der Waals surface area contributed by atoms with Gasteiger partial charge in [-0.3, -0.25) is 4.98 Å². The van der Waals surface area contributed by atoms with Gasteiger partial charge in [0.1, 0.15) is 0 Å². The maximum atomic E-state index is 9.53. The molecule has 0 saturated heterocycles. The molecule has 21 heavy (non-hydrogen) atoms. The van der Waals surface area contributed by atoms with Crippen molar-refractivity contribution in [1.29, 1.82) is 0 Å². The Hall–Kier alpha value is -2.30. The zero-order valence-corrected chi connectivity index (χ0v) is 11.6. The average Bonchev–Trinajstić information content (AvgIpc) is 2.56. The van der Waals surface area contributed by atoms with Gasteiger partial charge in [0.2, 0.25) is 0 Å². The third-order valence-corrected chi connectivity index (χ3v) is 3.41. The van der Waals surface area contributed by atoms with Crippen LogP contribution in [0.2, 0.25) is 0 Å². The minimum absolute atomic E-state index is 0.0466. The van der Waals surface area contributed by atoms with Crippen LogP contribution in [0.15, 0.2) is 60.8 Å². The second-order valence-electron chi connectivity index (χ2n) is 4.88. The molecule has 0 aliphatic rings. The Morgan fingerprint density at radius 2 is 1.67 bits per heavy atom. The van der Waals surface area contributed by atoms with Crippen molar-refractivity contribution in [2.75, 3.05) is 6.61 Å². The van der Waals surface area contributed by atoms with E-state index in [9.17, 15) is 5.11 Å². The molecule has 0 unspecified atom stereocenters. The monoisotopic (exact) mass is 279 g/mol. The third kappa shape index (κ3) is 3.24. The number of fused-ring (bicyclic) bond motifs is 1. The minimum atomic E-state index is -0.0977. The van der Waals surface area contributed by atoms with E-state index in [1.54, 1.807) is 6.20 Å². The molecule has 0 amide bonds. The number of aromatic nitrogens is 2. The number of aliphatic hydroxyl groups is 1. The first-order chi connectivity index (χ1) is 10.4. The van der Waals surface area contributed by atoms with Gasteiger partial charge < -0.3 is 10.4 Å². The van der Waals surface area contributed by atoms with E-state index in [2.05, 4.69) is 15.3 Å². The summed E-state index contributed by atoms with van der Waals surface area (Å²) < 4.78 is 0. The zero-order valence-electron chi connectivity index (χ0n) is 11.6. The molecule has 4 heteroatoms. The molecule has 4 nitrogen and oxygen atoms in total. The standard InChI is InChI=1S/C17H17N3O/c21-12-17(13-6-2-1-3-7-13)19-11-14-10-18-15-8-4-5-9-16(15)20-14/h1-10,17,19,21H,11-12H2/t17-/m1/s1. The molecule has 106 valence electrons. The number of nitrogens with zero attached hydrogens (tertiary/aromatic N) is 2. The van der Waals surface area contributed by atoms with Crippen LogP contribution >= 0.6 is 0 Å². The van der Waals surface area contributed by atoms with Crippen molar-refractivity contribution >= 4 is 11.0 Å². The summed E-state index contributed by atoms with van der Waals surface area (Å²) in [5, 5.41) is 12.8. The zero-order chi connectivity index (χ0) is 14.5. The lowest BCUT2D eigenvalue weighted by Gasteiger charge is -2.16. The van der Waals surface area contributed by atoms with E-state index < -0.39 is 0 Å². The van der Waals surface area contributed by atoms with Crippen LogP contribution in [0.1, 0.15) is 17.3 Å². The second kappa shape index (κ2) is 6.43. The molecule has 0 fully saturated rings. The maximum absolute atomic E-state index is 9.53. The number of para-hydroxylation sites is 2. The highest BCUT2D eigenvalue weighted by Gasteiger charge is 2.09. The summed E-state index contributed by atoms with van der Waals surface area (Å²) in [5.74, 6) is 0. The first kappa shape index (κ1) is 13.7. The quantitative estimate of drug-likeness (QED) is 0.753. The molecular formula is C17H17N3O. The van der Waals surface area contributed by atoms with E-state index in [0.29, 0.717) is 6.54 Å². The predicted molar refractivity (Wildman–Crippen MR) is 82.6 cm³/mol. The lowest BCUT2D eigenvalue weighted by atomic mass is 10.1. The van der Waals surface area contributed by atoms with Crippen LogP contribution in [0.25, 0.3) is 11.0 Å². The van der Waals surface area contributed by atoms with Crippen LogP contribution in [-0.2, 0) is 6.54 Å². The van der Waals surface area contributed by atoms with Crippen molar-refractivity contribution < 1.29 is 5.11 Å². The maximum Gasteiger partial charge on any atom is 0.0890 e. The molecule has 1 atom stereocenters. The summed E-state index contributed by atoms with van der Waals surface area (Å²) in [6.07, 6.45) is 1.77. The van der Waals surface area contributed by atoms with Crippen molar-refractivity contribution in [3.8, 4) is 0 Å². The summed E-state index contributed by atoms with van der Waals surface area (Å²) in [5.41, 5.74) is 3.71. The number of aliphatic hydroxyl groups excluding tert-OH is 1. The molecule has 0 bridgehead atoms. The van der Waals surface area contributed by atoms with Crippen LogP contribution in [0, 0.1) is 0 Å². The summed E-state index contributed by atoms with van der Waals surface area (Å²) in [7, 11) is 0. The smallest absolute Gasteiger partial charge is 0.0890 e. The Kier molecular flexibility index (Phi) is 4.19. The van der Waals surface area contributed by atoms with Gasteiger partial charge in [-0.25, -0.2) is 4.98 Å². The largest absolute Gasteiger partial charge is 0.394 e. The van der Waals surface area contributed by atoms with Gasteiger partial charge in [0, 0.05) is 6.54 Å². The van der Waals surface area contributed by atoms with Crippen LogP contribution in [0.5, 0.6) is 0 Å². The molecule has 3 rings (SSSR count). The summed E-state index contributed by atoms with van der Waals surface area (Å²) in [6, 6.07) is 17.6. The molecule has 0 spiro atoms. The molecule has 0 saturated carbocycles. The van der Waals surface area contributed by atoms with Crippen LogP contribution < -0.4 is 5.32 Å². The van der Waals surface area contributed by atoms with Crippen LogP contribution in [0.3, 0.4) is 0 Å². The van der Waals surface area contributed by atoms with Crippen molar-refractivity contribution in [2.24, 2.45) is 0 Å². The molecule has 0 radical (unpaired) electrons. The van der Waals surface area contributed by atoms with E-state index in [1.165, 1.54) is 0 Å². The average molecular weight is 279 g/mol. The molecule has 2 aromatic carbocycles. The van der Waals surface area contributed by atoms with Gasteiger partial charge in [0.05, 0.1) is 35.6 Å². The van der Waals surface area contributed by atoms with Gasteiger partial charge in [-0.1, -0.05) is 42.5 Å². The van der Waals surface area contributed by atoms with E-state index in [4.69, 9.17) is 0 Å². The fraction of sp³-hybridized carbons (Fsp3) is 0.176. The molecule has 3 aromatic rings. The minimum Gasteiger partial charge on any atom is -0.394 e. The van der Waals surface area contributed by atoms with Gasteiger partial charge in [-0.15, -0.1) is 0 Å². The Morgan fingerprint density at radius 1 is 0.952 bits per heavy atom. The first-order valence-corrected chi connectivity index (χ1v) is 6.96. The highest BCUT2D eigenvalue weighted by atomic mass is 16.3.